The van der Waals surface area contributed by atoms with Gasteiger partial charge in [-0.1, -0.05) is 72.3 Å². The average Bonchev–Trinajstić information content (AvgIpc) is 3.26. The first kappa shape index (κ1) is 25.1. The zero-order valence-electron chi connectivity index (χ0n) is 20.5. The van der Waals surface area contributed by atoms with Gasteiger partial charge in [-0.2, -0.15) is 0 Å². The lowest BCUT2D eigenvalue weighted by Crippen LogP contribution is -2.25. The number of hydrogen-bond donors (Lipinski definition) is 1. The molecule has 7 heteroatoms. The van der Waals surface area contributed by atoms with Gasteiger partial charge in [0.2, 0.25) is 5.91 Å². The van der Waals surface area contributed by atoms with Crippen LogP contribution in [0.3, 0.4) is 0 Å². The number of para-hydroxylation sites is 1. The summed E-state index contributed by atoms with van der Waals surface area (Å²) in [5.74, 6) is 1.51. The van der Waals surface area contributed by atoms with Crippen LogP contribution in [-0.4, -0.2) is 25.9 Å². The molecule has 35 heavy (non-hydrogen) atoms. The third-order valence-electron chi connectivity index (χ3n) is 5.65. The van der Waals surface area contributed by atoms with Gasteiger partial charge < -0.3 is 5.32 Å². The van der Waals surface area contributed by atoms with Crippen LogP contribution in [0.2, 0.25) is 0 Å². The van der Waals surface area contributed by atoms with Gasteiger partial charge in [0, 0.05) is 16.3 Å². The van der Waals surface area contributed by atoms with Crippen LogP contribution in [0.4, 0.5) is 5.69 Å². The summed E-state index contributed by atoms with van der Waals surface area (Å²) in [6.45, 7) is 8.18. The Morgan fingerprint density at radius 3 is 2.34 bits per heavy atom. The Labute approximate surface area is 215 Å². The molecule has 5 nitrogen and oxygen atoms in total. The van der Waals surface area contributed by atoms with Crippen molar-refractivity contribution in [1.29, 1.82) is 0 Å². The fourth-order valence-corrected chi connectivity index (χ4v) is 5.51. The van der Waals surface area contributed by atoms with Gasteiger partial charge in [-0.15, -0.1) is 22.0 Å². The van der Waals surface area contributed by atoms with Gasteiger partial charge in [0.25, 0.3) is 0 Å². The summed E-state index contributed by atoms with van der Waals surface area (Å²) < 4.78 is 2.07. The lowest BCUT2D eigenvalue weighted by Gasteiger charge is -2.17. The Hall–Kier alpha value is -3.03. The number of thioether (sulfide) groups is 2. The van der Waals surface area contributed by atoms with E-state index in [9.17, 15) is 4.79 Å². The number of rotatable bonds is 9. The standard InChI is InChI=1S/C28H30N4OS2/c1-5-25(27(33)29-24-16-13-20(3)17-21(24)4)35-28-31-30-26(32(28)22-9-7-6-8-10-22)18-34-23-14-11-19(2)12-15-23/h6-17,25H,5,18H2,1-4H3,(H,29,33). The van der Waals surface area contributed by atoms with Crippen molar-refractivity contribution in [2.24, 2.45) is 0 Å². The summed E-state index contributed by atoms with van der Waals surface area (Å²) >= 11 is 3.19. The topological polar surface area (TPSA) is 59.8 Å². The number of nitrogens with zero attached hydrogens (tertiary/aromatic N) is 3. The van der Waals surface area contributed by atoms with E-state index in [-0.39, 0.29) is 11.2 Å². The maximum absolute atomic E-state index is 13.2. The average molecular weight is 503 g/mol. The molecule has 0 aliphatic carbocycles. The Balaban J connectivity index is 1.56. The highest BCUT2D eigenvalue weighted by molar-refractivity contribution is 8.00. The normalized spacial score (nSPS) is 11.9. The third-order valence-corrected chi connectivity index (χ3v) is 7.97. The molecule has 0 bridgehead atoms. The van der Waals surface area contributed by atoms with E-state index in [0.717, 1.165) is 27.9 Å². The van der Waals surface area contributed by atoms with E-state index in [2.05, 4.69) is 64.3 Å². The van der Waals surface area contributed by atoms with Crippen LogP contribution in [0.15, 0.2) is 82.8 Å². The second-order valence-corrected chi connectivity index (χ2v) is 10.7. The Morgan fingerprint density at radius 2 is 1.66 bits per heavy atom. The fraction of sp³-hybridized carbons (Fsp3) is 0.250. The van der Waals surface area contributed by atoms with Gasteiger partial charge >= 0.3 is 0 Å². The Kier molecular flexibility index (Phi) is 8.31. The molecule has 0 aliphatic rings. The number of aromatic nitrogens is 3. The van der Waals surface area contributed by atoms with Crippen LogP contribution in [0.25, 0.3) is 5.69 Å². The molecule has 1 atom stereocenters. The molecule has 0 spiro atoms. The van der Waals surface area contributed by atoms with E-state index in [0.29, 0.717) is 12.2 Å². The minimum absolute atomic E-state index is 0.0253. The van der Waals surface area contributed by atoms with Crippen molar-refractivity contribution in [3.05, 3.63) is 95.3 Å². The largest absolute Gasteiger partial charge is 0.325 e. The zero-order valence-corrected chi connectivity index (χ0v) is 22.1. The number of benzene rings is 3. The van der Waals surface area contributed by atoms with E-state index >= 15 is 0 Å². The van der Waals surface area contributed by atoms with E-state index in [4.69, 9.17) is 0 Å². The molecule has 4 aromatic rings. The summed E-state index contributed by atoms with van der Waals surface area (Å²) in [4.78, 5) is 14.4. The molecule has 1 heterocycles. The van der Waals surface area contributed by atoms with Gasteiger partial charge in [0.1, 0.15) is 5.82 Å². The maximum atomic E-state index is 13.2. The van der Waals surface area contributed by atoms with Crippen molar-refractivity contribution in [2.75, 3.05) is 5.32 Å². The Morgan fingerprint density at radius 1 is 0.943 bits per heavy atom. The summed E-state index contributed by atoms with van der Waals surface area (Å²) in [5, 5.41) is 12.6. The highest BCUT2D eigenvalue weighted by Crippen LogP contribution is 2.31. The van der Waals surface area contributed by atoms with Crippen molar-refractivity contribution in [1.82, 2.24) is 14.8 Å². The summed E-state index contributed by atoms with van der Waals surface area (Å²) in [7, 11) is 0. The molecule has 0 saturated heterocycles. The van der Waals surface area contributed by atoms with Crippen molar-refractivity contribution in [3.63, 3.8) is 0 Å². The minimum atomic E-state index is -0.292. The Bertz CT molecular complexity index is 1290. The zero-order chi connectivity index (χ0) is 24.8. The molecular weight excluding hydrogens is 472 g/mol. The highest BCUT2D eigenvalue weighted by Gasteiger charge is 2.24. The van der Waals surface area contributed by atoms with Gasteiger partial charge in [-0.3, -0.25) is 9.36 Å². The molecule has 0 aliphatic heterocycles. The molecule has 1 unspecified atom stereocenters. The van der Waals surface area contributed by atoms with E-state index in [1.807, 2.05) is 56.3 Å². The lowest BCUT2D eigenvalue weighted by atomic mass is 10.1. The molecule has 1 N–H and O–H groups in total. The number of aryl methyl sites for hydroxylation is 3. The van der Waals surface area contributed by atoms with Crippen LogP contribution in [0.1, 0.15) is 35.9 Å². The highest BCUT2D eigenvalue weighted by atomic mass is 32.2. The summed E-state index contributed by atoms with van der Waals surface area (Å²) in [6, 6.07) is 24.6. The third kappa shape index (κ3) is 6.35. The first-order valence-electron chi connectivity index (χ1n) is 11.7. The first-order chi connectivity index (χ1) is 16.9. The predicted molar refractivity (Wildman–Crippen MR) is 147 cm³/mol. The molecule has 0 saturated carbocycles. The maximum Gasteiger partial charge on any atom is 0.237 e. The fourth-order valence-electron chi connectivity index (χ4n) is 3.71. The smallest absolute Gasteiger partial charge is 0.237 e. The van der Waals surface area contributed by atoms with Crippen LogP contribution in [-0.2, 0) is 10.5 Å². The van der Waals surface area contributed by atoms with E-state index < -0.39 is 0 Å². The molecule has 4 rings (SSSR count). The predicted octanol–water partition coefficient (Wildman–Crippen LogP) is 6.99. The SMILES string of the molecule is CCC(Sc1nnc(CSc2ccc(C)cc2)n1-c1ccccc1)C(=O)Nc1ccc(C)cc1C. The van der Waals surface area contributed by atoms with Crippen molar-refractivity contribution in [2.45, 2.75) is 55.2 Å². The summed E-state index contributed by atoms with van der Waals surface area (Å²) in [5.41, 5.74) is 5.31. The second-order valence-electron chi connectivity index (χ2n) is 8.49. The van der Waals surface area contributed by atoms with Crippen molar-refractivity contribution in [3.8, 4) is 5.69 Å². The minimum Gasteiger partial charge on any atom is -0.325 e. The summed E-state index contributed by atoms with van der Waals surface area (Å²) in [6.07, 6.45) is 0.677. The van der Waals surface area contributed by atoms with Gasteiger partial charge in [0.05, 0.1) is 11.0 Å². The molecule has 1 amide bonds. The number of nitrogens with one attached hydrogen (secondary N) is 1. The molecule has 0 radical (unpaired) electrons. The first-order valence-corrected chi connectivity index (χ1v) is 13.5. The van der Waals surface area contributed by atoms with Gasteiger partial charge in [-0.05, 0) is 63.1 Å². The van der Waals surface area contributed by atoms with Crippen molar-refractivity contribution < 1.29 is 4.79 Å². The van der Waals surface area contributed by atoms with Crippen molar-refractivity contribution >= 4 is 35.1 Å². The molecule has 3 aromatic carbocycles. The number of amides is 1. The number of carbonyl (C=O) groups is 1. The molecular formula is C28H30N4OS2. The number of hydrogen-bond acceptors (Lipinski definition) is 5. The van der Waals surface area contributed by atoms with E-state index in [1.54, 1.807) is 11.8 Å². The van der Waals surface area contributed by atoms with Crippen LogP contribution >= 0.6 is 23.5 Å². The van der Waals surface area contributed by atoms with E-state index in [1.165, 1.54) is 27.8 Å². The monoisotopic (exact) mass is 502 g/mol. The molecule has 0 fully saturated rings. The lowest BCUT2D eigenvalue weighted by molar-refractivity contribution is -0.115. The van der Waals surface area contributed by atoms with Crippen LogP contribution in [0, 0.1) is 20.8 Å². The number of anilines is 1. The van der Waals surface area contributed by atoms with Gasteiger partial charge in [-0.25, -0.2) is 0 Å². The van der Waals surface area contributed by atoms with Crippen LogP contribution in [0.5, 0.6) is 0 Å². The van der Waals surface area contributed by atoms with Gasteiger partial charge in [0.15, 0.2) is 5.16 Å². The van der Waals surface area contributed by atoms with Crippen LogP contribution < -0.4 is 5.32 Å². The molecule has 1 aromatic heterocycles. The second kappa shape index (κ2) is 11.6. The number of carbonyl (C=O) groups excluding carboxylic acids is 1. The molecule has 180 valence electrons. The quantitative estimate of drug-likeness (QED) is 0.250.